The second-order valence-electron chi connectivity index (χ2n) is 5.70. The van der Waals surface area contributed by atoms with E-state index in [1.54, 1.807) is 37.3 Å². The number of esters is 2. The molecule has 0 bridgehead atoms. The number of aryl methyl sites for hydroxylation is 1. The third-order valence-electron chi connectivity index (χ3n) is 3.48. The summed E-state index contributed by atoms with van der Waals surface area (Å²) in [6.45, 7) is 3.57. The van der Waals surface area contributed by atoms with Crippen LogP contribution in [0.4, 0.5) is 5.69 Å². The van der Waals surface area contributed by atoms with Gasteiger partial charge in [0, 0.05) is 11.8 Å². The monoisotopic (exact) mass is 367 g/mol. The first-order chi connectivity index (χ1) is 13.0. The Kier molecular flexibility index (Phi) is 7.31. The van der Waals surface area contributed by atoms with Crippen LogP contribution in [0.1, 0.15) is 28.4 Å². The molecule has 0 radical (unpaired) electrons. The maximum atomic E-state index is 11.9. The molecule has 0 aliphatic heterocycles. The molecule has 6 nitrogen and oxygen atoms in total. The first-order valence-electron chi connectivity index (χ1n) is 8.46. The Balaban J connectivity index is 1.80. The number of amides is 1. The van der Waals surface area contributed by atoms with E-state index in [9.17, 15) is 14.4 Å². The van der Waals surface area contributed by atoms with E-state index in [0.29, 0.717) is 17.9 Å². The standard InChI is InChI=1S/C21H21NO5/c1-3-26-21(25)17-8-10-18(11-9-17)22-19(23)14-27-20(24)12-7-16-6-4-5-15(2)13-16/h4-13H,3,14H2,1-2H3,(H,22,23)/b12-7+. The van der Waals surface area contributed by atoms with Gasteiger partial charge in [0.2, 0.25) is 0 Å². The van der Waals surface area contributed by atoms with E-state index in [4.69, 9.17) is 9.47 Å². The van der Waals surface area contributed by atoms with E-state index < -0.39 is 24.5 Å². The molecule has 2 aromatic rings. The molecule has 1 amide bonds. The zero-order chi connectivity index (χ0) is 19.6. The van der Waals surface area contributed by atoms with Crippen LogP contribution in [0.25, 0.3) is 6.08 Å². The lowest BCUT2D eigenvalue weighted by molar-refractivity contribution is -0.142. The molecule has 2 aromatic carbocycles. The van der Waals surface area contributed by atoms with Crippen molar-refractivity contribution in [3.63, 3.8) is 0 Å². The van der Waals surface area contributed by atoms with Crippen LogP contribution in [0.2, 0.25) is 0 Å². The van der Waals surface area contributed by atoms with E-state index in [1.165, 1.54) is 6.08 Å². The zero-order valence-electron chi connectivity index (χ0n) is 15.2. The largest absolute Gasteiger partial charge is 0.462 e. The summed E-state index contributed by atoms with van der Waals surface area (Å²) in [5.74, 6) is -1.51. The number of rotatable bonds is 7. The van der Waals surface area contributed by atoms with E-state index >= 15 is 0 Å². The minimum absolute atomic E-state index is 0.293. The maximum Gasteiger partial charge on any atom is 0.338 e. The van der Waals surface area contributed by atoms with E-state index in [2.05, 4.69) is 5.32 Å². The van der Waals surface area contributed by atoms with Gasteiger partial charge in [-0.2, -0.15) is 0 Å². The lowest BCUT2D eigenvalue weighted by atomic mass is 10.1. The van der Waals surface area contributed by atoms with Crippen molar-refractivity contribution in [2.24, 2.45) is 0 Å². The van der Waals surface area contributed by atoms with E-state index in [1.807, 2.05) is 31.2 Å². The highest BCUT2D eigenvalue weighted by atomic mass is 16.5. The first kappa shape index (κ1) is 19.9. The zero-order valence-corrected chi connectivity index (χ0v) is 15.2. The van der Waals surface area contributed by atoms with Gasteiger partial charge < -0.3 is 14.8 Å². The molecule has 0 atom stereocenters. The number of hydrogen-bond donors (Lipinski definition) is 1. The Morgan fingerprint density at radius 3 is 2.44 bits per heavy atom. The highest BCUT2D eigenvalue weighted by Gasteiger charge is 2.08. The van der Waals surface area contributed by atoms with Gasteiger partial charge in [0.15, 0.2) is 6.61 Å². The lowest BCUT2D eigenvalue weighted by Gasteiger charge is -2.06. The molecular formula is C21H21NO5. The summed E-state index contributed by atoms with van der Waals surface area (Å²) >= 11 is 0. The quantitative estimate of drug-likeness (QED) is 0.599. The average Bonchev–Trinajstić information content (AvgIpc) is 2.65. The Labute approximate surface area is 157 Å². The third-order valence-corrected chi connectivity index (χ3v) is 3.48. The number of carbonyl (C=O) groups excluding carboxylic acids is 3. The van der Waals surface area contributed by atoms with Gasteiger partial charge in [0.25, 0.3) is 5.91 Å². The van der Waals surface area contributed by atoms with Crippen molar-refractivity contribution in [2.75, 3.05) is 18.5 Å². The van der Waals surface area contributed by atoms with Crippen molar-refractivity contribution in [1.29, 1.82) is 0 Å². The molecule has 0 aliphatic carbocycles. The molecule has 0 spiro atoms. The maximum absolute atomic E-state index is 11.9. The molecular weight excluding hydrogens is 346 g/mol. The van der Waals surface area contributed by atoms with Gasteiger partial charge in [-0.25, -0.2) is 9.59 Å². The van der Waals surface area contributed by atoms with Gasteiger partial charge in [0.1, 0.15) is 0 Å². The minimum atomic E-state index is -0.607. The van der Waals surface area contributed by atoms with Crippen LogP contribution in [-0.4, -0.2) is 31.1 Å². The molecule has 0 fully saturated rings. The van der Waals surface area contributed by atoms with Crippen LogP contribution in [0.15, 0.2) is 54.6 Å². The second kappa shape index (κ2) is 9.91. The summed E-state index contributed by atoms with van der Waals surface area (Å²) in [7, 11) is 0. The van der Waals surface area contributed by atoms with E-state index in [-0.39, 0.29) is 0 Å². The van der Waals surface area contributed by atoms with Gasteiger partial charge in [0.05, 0.1) is 12.2 Å². The number of carbonyl (C=O) groups is 3. The van der Waals surface area contributed by atoms with Gasteiger partial charge in [-0.3, -0.25) is 4.79 Å². The highest BCUT2D eigenvalue weighted by Crippen LogP contribution is 2.11. The smallest absolute Gasteiger partial charge is 0.338 e. The van der Waals surface area contributed by atoms with Crippen molar-refractivity contribution in [3.05, 3.63) is 71.3 Å². The number of nitrogens with one attached hydrogen (secondary N) is 1. The number of anilines is 1. The Bertz CT molecular complexity index is 840. The van der Waals surface area contributed by atoms with Crippen LogP contribution in [0, 0.1) is 6.92 Å². The van der Waals surface area contributed by atoms with Crippen LogP contribution in [0.5, 0.6) is 0 Å². The Morgan fingerprint density at radius 1 is 1.04 bits per heavy atom. The second-order valence-corrected chi connectivity index (χ2v) is 5.70. The first-order valence-corrected chi connectivity index (χ1v) is 8.46. The van der Waals surface area contributed by atoms with Gasteiger partial charge in [-0.05, 0) is 49.8 Å². The average molecular weight is 367 g/mol. The fourth-order valence-corrected chi connectivity index (χ4v) is 2.22. The molecule has 0 unspecified atom stereocenters. The van der Waals surface area contributed by atoms with Crippen LogP contribution in [0.3, 0.4) is 0 Å². The normalized spacial score (nSPS) is 10.4. The molecule has 0 saturated carbocycles. The van der Waals surface area contributed by atoms with Gasteiger partial charge in [-0.15, -0.1) is 0 Å². The molecule has 0 saturated heterocycles. The fraction of sp³-hybridized carbons (Fsp3) is 0.190. The molecule has 140 valence electrons. The summed E-state index contributed by atoms with van der Waals surface area (Å²) in [6, 6.07) is 13.9. The van der Waals surface area contributed by atoms with Crippen LogP contribution >= 0.6 is 0 Å². The predicted octanol–water partition coefficient (Wildman–Crippen LogP) is 3.37. The molecule has 0 heterocycles. The van der Waals surface area contributed by atoms with Gasteiger partial charge >= 0.3 is 11.9 Å². The summed E-state index contributed by atoms with van der Waals surface area (Å²) in [5.41, 5.74) is 2.83. The summed E-state index contributed by atoms with van der Waals surface area (Å²) in [6.07, 6.45) is 2.90. The van der Waals surface area contributed by atoms with Crippen molar-refractivity contribution in [2.45, 2.75) is 13.8 Å². The van der Waals surface area contributed by atoms with E-state index in [0.717, 1.165) is 11.1 Å². The molecule has 27 heavy (non-hydrogen) atoms. The number of hydrogen-bond acceptors (Lipinski definition) is 5. The molecule has 6 heteroatoms. The Hall–Kier alpha value is -3.41. The highest BCUT2D eigenvalue weighted by molar-refractivity contribution is 5.95. The lowest BCUT2D eigenvalue weighted by Crippen LogP contribution is -2.20. The summed E-state index contributed by atoms with van der Waals surface area (Å²) < 4.78 is 9.80. The predicted molar refractivity (Wildman–Crippen MR) is 102 cm³/mol. The molecule has 0 aliphatic rings. The van der Waals surface area contributed by atoms with Gasteiger partial charge in [-0.1, -0.05) is 29.8 Å². The Morgan fingerprint density at radius 2 is 1.78 bits per heavy atom. The van der Waals surface area contributed by atoms with Crippen molar-refractivity contribution >= 4 is 29.6 Å². The van der Waals surface area contributed by atoms with Crippen molar-refractivity contribution < 1.29 is 23.9 Å². The van der Waals surface area contributed by atoms with Crippen LogP contribution < -0.4 is 5.32 Å². The molecule has 1 N–H and O–H groups in total. The summed E-state index contributed by atoms with van der Waals surface area (Å²) in [5, 5.41) is 2.58. The summed E-state index contributed by atoms with van der Waals surface area (Å²) in [4.78, 5) is 35.1. The molecule has 2 rings (SSSR count). The fourth-order valence-electron chi connectivity index (χ4n) is 2.22. The van der Waals surface area contributed by atoms with Crippen molar-refractivity contribution in [1.82, 2.24) is 0 Å². The third kappa shape index (κ3) is 6.78. The SMILES string of the molecule is CCOC(=O)c1ccc(NC(=O)COC(=O)/C=C/c2cccc(C)c2)cc1. The van der Waals surface area contributed by atoms with Crippen LogP contribution in [-0.2, 0) is 19.1 Å². The van der Waals surface area contributed by atoms with Crippen molar-refractivity contribution in [3.8, 4) is 0 Å². The molecule has 0 aromatic heterocycles. The topological polar surface area (TPSA) is 81.7 Å². The number of benzene rings is 2. The minimum Gasteiger partial charge on any atom is -0.462 e. The number of ether oxygens (including phenoxy) is 2.